The van der Waals surface area contributed by atoms with E-state index in [1.54, 1.807) is 4.90 Å². The van der Waals surface area contributed by atoms with Crippen LogP contribution in [0.15, 0.2) is 18.2 Å². The average molecular weight is 292 g/mol. The van der Waals surface area contributed by atoms with Gasteiger partial charge in [0.05, 0.1) is 6.04 Å². The minimum atomic E-state index is -0.441. The molecule has 1 aromatic carbocycles. The Kier molecular flexibility index (Phi) is 5.07. The Morgan fingerprint density at radius 1 is 1.33 bits per heavy atom. The second kappa shape index (κ2) is 6.80. The Morgan fingerprint density at radius 3 is 2.71 bits per heavy atom. The Labute approximate surface area is 126 Å². The van der Waals surface area contributed by atoms with Crippen molar-refractivity contribution in [3.63, 3.8) is 0 Å². The summed E-state index contributed by atoms with van der Waals surface area (Å²) in [5, 5.41) is 0. The second-order valence-corrected chi connectivity index (χ2v) is 5.45. The number of rotatable bonds is 6. The molecule has 1 amide bonds. The first-order valence-corrected chi connectivity index (χ1v) is 7.49. The quantitative estimate of drug-likeness (QED) is 0.872. The van der Waals surface area contributed by atoms with Gasteiger partial charge in [-0.3, -0.25) is 4.79 Å². The highest BCUT2D eigenvalue weighted by Gasteiger charge is 2.24. The van der Waals surface area contributed by atoms with Crippen LogP contribution < -0.4 is 15.2 Å². The molecule has 2 atom stereocenters. The van der Waals surface area contributed by atoms with Crippen molar-refractivity contribution in [1.82, 2.24) is 4.90 Å². The Balaban J connectivity index is 2.06. The molecule has 0 saturated heterocycles. The predicted octanol–water partition coefficient (Wildman–Crippen LogP) is 2.14. The van der Waals surface area contributed by atoms with Gasteiger partial charge in [-0.05, 0) is 30.5 Å². The molecule has 0 saturated carbocycles. The molecule has 0 bridgehead atoms. The first-order valence-electron chi connectivity index (χ1n) is 7.49. The summed E-state index contributed by atoms with van der Waals surface area (Å²) in [6.45, 7) is 7.46. The van der Waals surface area contributed by atoms with Crippen molar-refractivity contribution in [2.24, 2.45) is 11.7 Å². The molecule has 2 N–H and O–H groups in total. The van der Waals surface area contributed by atoms with Crippen molar-refractivity contribution in [2.75, 3.05) is 13.3 Å². The number of nitrogens with zero attached hydrogens (tertiary/aromatic N) is 1. The van der Waals surface area contributed by atoms with Crippen LogP contribution in [0.25, 0.3) is 0 Å². The number of carbonyl (C=O) groups excluding carboxylic acids is 1. The summed E-state index contributed by atoms with van der Waals surface area (Å²) in [6.07, 6.45) is 0.897. The van der Waals surface area contributed by atoms with Gasteiger partial charge in [0.15, 0.2) is 11.5 Å². The zero-order valence-electron chi connectivity index (χ0n) is 13.0. The standard InChI is InChI=1S/C16H24N2O3/c1-4-11(3)15(17)16(19)18(5-2)9-12-6-7-13-14(8-12)21-10-20-13/h6-8,11,15H,4-5,9-10,17H2,1-3H3/t11?,15-/m0/s1. The maximum Gasteiger partial charge on any atom is 0.240 e. The van der Waals surface area contributed by atoms with Crippen molar-refractivity contribution < 1.29 is 14.3 Å². The van der Waals surface area contributed by atoms with Gasteiger partial charge in [-0.15, -0.1) is 0 Å². The SMILES string of the molecule is CCC(C)[C@H](N)C(=O)N(CC)Cc1ccc2c(c1)OCO2. The minimum Gasteiger partial charge on any atom is -0.454 e. The minimum absolute atomic E-state index is 0.00418. The summed E-state index contributed by atoms with van der Waals surface area (Å²) < 4.78 is 10.7. The van der Waals surface area contributed by atoms with E-state index in [1.807, 2.05) is 39.0 Å². The largest absolute Gasteiger partial charge is 0.454 e. The molecule has 1 aliphatic rings. The third kappa shape index (κ3) is 3.47. The van der Waals surface area contributed by atoms with Crippen molar-refractivity contribution in [3.05, 3.63) is 23.8 Å². The van der Waals surface area contributed by atoms with Crippen molar-refractivity contribution in [3.8, 4) is 11.5 Å². The first-order chi connectivity index (χ1) is 10.1. The molecule has 5 heteroatoms. The summed E-state index contributed by atoms with van der Waals surface area (Å²) in [6, 6.07) is 5.32. The number of nitrogens with two attached hydrogens (primary N) is 1. The maximum absolute atomic E-state index is 12.5. The molecule has 5 nitrogen and oxygen atoms in total. The maximum atomic E-state index is 12.5. The van der Waals surface area contributed by atoms with Crippen LogP contribution in [0.5, 0.6) is 11.5 Å². The van der Waals surface area contributed by atoms with Crippen LogP contribution in [0.2, 0.25) is 0 Å². The fourth-order valence-electron chi connectivity index (χ4n) is 2.31. The lowest BCUT2D eigenvalue weighted by Crippen LogP contribution is -2.46. The number of hydrogen-bond acceptors (Lipinski definition) is 4. The summed E-state index contributed by atoms with van der Waals surface area (Å²) in [5.74, 6) is 1.68. The number of hydrogen-bond donors (Lipinski definition) is 1. The fraction of sp³-hybridized carbons (Fsp3) is 0.562. The topological polar surface area (TPSA) is 64.8 Å². The lowest BCUT2D eigenvalue weighted by Gasteiger charge is -2.27. The van der Waals surface area contributed by atoms with E-state index in [0.717, 1.165) is 23.5 Å². The van der Waals surface area contributed by atoms with E-state index >= 15 is 0 Å². The molecule has 1 aliphatic heterocycles. The number of ether oxygens (including phenoxy) is 2. The van der Waals surface area contributed by atoms with E-state index in [2.05, 4.69) is 0 Å². The molecule has 21 heavy (non-hydrogen) atoms. The van der Waals surface area contributed by atoms with Crippen LogP contribution >= 0.6 is 0 Å². The number of amides is 1. The van der Waals surface area contributed by atoms with E-state index in [4.69, 9.17) is 15.2 Å². The van der Waals surface area contributed by atoms with Crippen molar-refractivity contribution in [2.45, 2.75) is 39.8 Å². The van der Waals surface area contributed by atoms with E-state index < -0.39 is 6.04 Å². The van der Waals surface area contributed by atoms with Gasteiger partial charge < -0.3 is 20.1 Å². The van der Waals surface area contributed by atoms with E-state index in [0.29, 0.717) is 13.1 Å². The van der Waals surface area contributed by atoms with E-state index in [1.165, 1.54) is 0 Å². The van der Waals surface area contributed by atoms with Gasteiger partial charge in [-0.2, -0.15) is 0 Å². The molecule has 1 unspecified atom stereocenters. The summed E-state index contributed by atoms with van der Waals surface area (Å²) in [7, 11) is 0. The van der Waals surface area contributed by atoms with Crippen molar-refractivity contribution >= 4 is 5.91 Å². The summed E-state index contributed by atoms with van der Waals surface area (Å²) in [4.78, 5) is 14.2. The average Bonchev–Trinajstić information content (AvgIpc) is 2.97. The lowest BCUT2D eigenvalue weighted by molar-refractivity contribution is -0.134. The highest BCUT2D eigenvalue weighted by atomic mass is 16.7. The number of carbonyl (C=O) groups is 1. The Morgan fingerprint density at radius 2 is 2.05 bits per heavy atom. The highest BCUT2D eigenvalue weighted by molar-refractivity contribution is 5.82. The smallest absolute Gasteiger partial charge is 0.240 e. The highest BCUT2D eigenvalue weighted by Crippen LogP contribution is 2.32. The van der Waals surface area contributed by atoms with Crippen LogP contribution in [0.4, 0.5) is 0 Å². The van der Waals surface area contributed by atoms with Crippen LogP contribution in [-0.2, 0) is 11.3 Å². The Bertz CT molecular complexity index is 504. The molecule has 0 aromatic heterocycles. The van der Waals surface area contributed by atoms with Gasteiger partial charge in [0.1, 0.15) is 0 Å². The van der Waals surface area contributed by atoms with Crippen LogP contribution in [0.1, 0.15) is 32.8 Å². The molecule has 1 aromatic rings. The summed E-state index contributed by atoms with van der Waals surface area (Å²) in [5.41, 5.74) is 7.07. The van der Waals surface area contributed by atoms with Gasteiger partial charge in [-0.25, -0.2) is 0 Å². The molecule has 116 valence electrons. The molecule has 1 heterocycles. The predicted molar refractivity (Wildman–Crippen MR) is 81.1 cm³/mol. The molecular formula is C16H24N2O3. The monoisotopic (exact) mass is 292 g/mol. The number of benzene rings is 1. The van der Waals surface area contributed by atoms with Crippen molar-refractivity contribution in [1.29, 1.82) is 0 Å². The second-order valence-electron chi connectivity index (χ2n) is 5.45. The Hall–Kier alpha value is -1.75. The fourth-order valence-corrected chi connectivity index (χ4v) is 2.31. The number of fused-ring (bicyclic) bond motifs is 1. The molecule has 0 spiro atoms. The van der Waals surface area contributed by atoms with E-state index in [-0.39, 0.29) is 18.6 Å². The third-order valence-electron chi connectivity index (χ3n) is 4.05. The molecule has 0 aliphatic carbocycles. The third-order valence-corrected chi connectivity index (χ3v) is 4.05. The van der Waals surface area contributed by atoms with Gasteiger partial charge in [-0.1, -0.05) is 26.3 Å². The van der Waals surface area contributed by atoms with Crippen LogP contribution in [0.3, 0.4) is 0 Å². The molecule has 0 fully saturated rings. The van der Waals surface area contributed by atoms with Crippen LogP contribution in [-0.4, -0.2) is 30.2 Å². The van der Waals surface area contributed by atoms with Gasteiger partial charge >= 0.3 is 0 Å². The number of likely N-dealkylation sites (N-methyl/N-ethyl adjacent to an activating group) is 1. The van der Waals surface area contributed by atoms with Gasteiger partial charge in [0.2, 0.25) is 12.7 Å². The molecule has 0 radical (unpaired) electrons. The van der Waals surface area contributed by atoms with Gasteiger partial charge in [0.25, 0.3) is 0 Å². The van der Waals surface area contributed by atoms with E-state index in [9.17, 15) is 4.79 Å². The zero-order chi connectivity index (χ0) is 15.4. The molecular weight excluding hydrogens is 268 g/mol. The van der Waals surface area contributed by atoms with Gasteiger partial charge in [0, 0.05) is 13.1 Å². The lowest BCUT2D eigenvalue weighted by atomic mass is 9.98. The first kappa shape index (κ1) is 15.6. The zero-order valence-corrected chi connectivity index (χ0v) is 13.0. The molecule has 2 rings (SSSR count). The summed E-state index contributed by atoms with van der Waals surface area (Å²) >= 11 is 0. The van der Waals surface area contributed by atoms with Crippen LogP contribution in [0, 0.1) is 5.92 Å². The normalized spacial score (nSPS) is 15.6.